The average Bonchev–Trinajstić information content (AvgIpc) is 3.20. The number of aryl methyl sites for hydroxylation is 1. The lowest BCUT2D eigenvalue weighted by Gasteiger charge is -2.36. The van der Waals surface area contributed by atoms with Gasteiger partial charge in [-0.2, -0.15) is 5.10 Å². The van der Waals surface area contributed by atoms with E-state index in [-0.39, 0.29) is 11.7 Å². The van der Waals surface area contributed by atoms with Gasteiger partial charge in [0.1, 0.15) is 0 Å². The molecule has 2 amide bonds. The molecule has 1 N–H and O–H groups in total. The first-order chi connectivity index (χ1) is 14.5. The third kappa shape index (κ3) is 4.09. The molecule has 0 saturated carbocycles. The van der Waals surface area contributed by atoms with Crippen LogP contribution in [-0.2, 0) is 0 Å². The van der Waals surface area contributed by atoms with E-state index in [2.05, 4.69) is 15.3 Å². The lowest BCUT2D eigenvalue weighted by molar-refractivity contribution is -0.384. The molecule has 9 nitrogen and oxygen atoms in total. The van der Waals surface area contributed by atoms with Crippen molar-refractivity contribution in [3.63, 3.8) is 0 Å². The molecule has 1 aliphatic heterocycles. The molecule has 0 radical (unpaired) electrons. The Kier molecular flexibility index (Phi) is 5.34. The van der Waals surface area contributed by atoms with Crippen LogP contribution in [0.15, 0.2) is 60.8 Å². The van der Waals surface area contributed by atoms with E-state index in [0.29, 0.717) is 31.9 Å². The van der Waals surface area contributed by atoms with Gasteiger partial charge in [-0.1, -0.05) is 6.07 Å². The number of amides is 2. The van der Waals surface area contributed by atoms with Gasteiger partial charge in [-0.15, -0.1) is 0 Å². The molecule has 1 aromatic heterocycles. The Hall–Kier alpha value is -3.88. The molecule has 0 atom stereocenters. The minimum Gasteiger partial charge on any atom is -0.368 e. The number of piperazine rings is 1. The van der Waals surface area contributed by atoms with E-state index in [1.165, 1.54) is 12.1 Å². The Labute approximate surface area is 173 Å². The summed E-state index contributed by atoms with van der Waals surface area (Å²) in [6.45, 7) is 4.44. The van der Waals surface area contributed by atoms with Gasteiger partial charge in [-0.05, 0) is 43.3 Å². The normalized spacial score (nSPS) is 13.9. The smallest absolute Gasteiger partial charge is 0.321 e. The quantitative estimate of drug-likeness (QED) is 0.529. The summed E-state index contributed by atoms with van der Waals surface area (Å²) >= 11 is 0. The van der Waals surface area contributed by atoms with Gasteiger partial charge < -0.3 is 15.1 Å². The van der Waals surface area contributed by atoms with Crippen molar-refractivity contribution < 1.29 is 9.72 Å². The highest BCUT2D eigenvalue weighted by molar-refractivity contribution is 5.89. The first kappa shape index (κ1) is 19.4. The summed E-state index contributed by atoms with van der Waals surface area (Å²) in [4.78, 5) is 27.0. The number of hydrogen-bond acceptors (Lipinski definition) is 5. The Morgan fingerprint density at radius 3 is 2.40 bits per heavy atom. The molecular weight excluding hydrogens is 384 g/mol. The van der Waals surface area contributed by atoms with E-state index in [9.17, 15) is 14.9 Å². The maximum absolute atomic E-state index is 12.7. The van der Waals surface area contributed by atoms with Gasteiger partial charge in [0.05, 0.1) is 10.6 Å². The molecule has 1 saturated heterocycles. The summed E-state index contributed by atoms with van der Waals surface area (Å²) in [6, 6.07) is 15.9. The van der Waals surface area contributed by atoms with Gasteiger partial charge in [0.15, 0.2) is 0 Å². The summed E-state index contributed by atoms with van der Waals surface area (Å²) < 4.78 is 1.82. The number of rotatable bonds is 4. The molecule has 0 bridgehead atoms. The minimum atomic E-state index is -0.408. The third-order valence-electron chi connectivity index (χ3n) is 5.17. The Bertz CT molecular complexity index is 1050. The number of hydrogen-bond donors (Lipinski definition) is 1. The van der Waals surface area contributed by atoms with Crippen molar-refractivity contribution in [2.75, 3.05) is 36.4 Å². The molecule has 4 rings (SSSR count). The van der Waals surface area contributed by atoms with Gasteiger partial charge in [0.2, 0.25) is 0 Å². The number of nitrogens with one attached hydrogen (secondary N) is 1. The number of nitro groups is 1. The highest BCUT2D eigenvalue weighted by Crippen LogP contribution is 2.21. The second-order valence-corrected chi connectivity index (χ2v) is 7.11. The largest absolute Gasteiger partial charge is 0.368 e. The second-order valence-electron chi connectivity index (χ2n) is 7.11. The molecule has 2 aromatic carbocycles. The van der Waals surface area contributed by atoms with Crippen LogP contribution in [0, 0.1) is 17.0 Å². The van der Waals surface area contributed by atoms with Crippen LogP contribution in [0.5, 0.6) is 0 Å². The fourth-order valence-electron chi connectivity index (χ4n) is 3.51. The van der Waals surface area contributed by atoms with Crippen molar-refractivity contribution >= 4 is 23.1 Å². The third-order valence-corrected chi connectivity index (χ3v) is 5.17. The standard InChI is InChI=1S/C21H22N6O3/c1-16-9-10-22-26(16)20-4-2-3-17(15-20)23-21(28)25-13-11-24(12-14-25)18-5-7-19(8-6-18)27(29)30/h2-10,15H,11-14H2,1H3,(H,23,28). The van der Waals surface area contributed by atoms with E-state index in [1.807, 2.05) is 41.9 Å². The number of carbonyl (C=O) groups excluding carboxylic acids is 1. The zero-order valence-corrected chi connectivity index (χ0v) is 16.6. The Balaban J connectivity index is 1.36. The van der Waals surface area contributed by atoms with Crippen LogP contribution in [0.1, 0.15) is 5.69 Å². The Morgan fingerprint density at radius 1 is 1.03 bits per heavy atom. The molecule has 154 valence electrons. The van der Waals surface area contributed by atoms with Gasteiger partial charge in [0.25, 0.3) is 5.69 Å². The maximum Gasteiger partial charge on any atom is 0.321 e. The van der Waals surface area contributed by atoms with Crippen LogP contribution in [0.25, 0.3) is 5.69 Å². The van der Waals surface area contributed by atoms with Gasteiger partial charge in [-0.3, -0.25) is 10.1 Å². The fraction of sp³-hybridized carbons (Fsp3) is 0.238. The summed E-state index contributed by atoms with van der Waals surface area (Å²) in [6.07, 6.45) is 1.74. The van der Waals surface area contributed by atoms with Crippen LogP contribution >= 0.6 is 0 Å². The van der Waals surface area contributed by atoms with Crippen LogP contribution < -0.4 is 10.2 Å². The van der Waals surface area contributed by atoms with Gasteiger partial charge in [0, 0.05) is 61.6 Å². The number of benzene rings is 2. The zero-order valence-electron chi connectivity index (χ0n) is 16.6. The lowest BCUT2D eigenvalue weighted by atomic mass is 10.2. The van der Waals surface area contributed by atoms with Crippen molar-refractivity contribution in [1.82, 2.24) is 14.7 Å². The molecule has 0 spiro atoms. The van der Waals surface area contributed by atoms with E-state index in [0.717, 1.165) is 17.1 Å². The lowest BCUT2D eigenvalue weighted by Crippen LogP contribution is -2.50. The van der Waals surface area contributed by atoms with Crippen molar-refractivity contribution in [3.8, 4) is 5.69 Å². The Morgan fingerprint density at radius 2 is 1.77 bits per heavy atom. The summed E-state index contributed by atoms with van der Waals surface area (Å²) in [7, 11) is 0. The van der Waals surface area contributed by atoms with Crippen molar-refractivity contribution in [3.05, 3.63) is 76.6 Å². The second kappa shape index (κ2) is 8.24. The number of urea groups is 1. The highest BCUT2D eigenvalue weighted by atomic mass is 16.6. The van der Waals surface area contributed by atoms with Gasteiger partial charge in [-0.25, -0.2) is 9.48 Å². The number of nitrogens with zero attached hydrogens (tertiary/aromatic N) is 5. The molecule has 2 heterocycles. The monoisotopic (exact) mass is 406 g/mol. The number of aromatic nitrogens is 2. The topological polar surface area (TPSA) is 96.5 Å². The molecule has 1 fully saturated rings. The van der Waals surface area contributed by atoms with Crippen LogP contribution in [0.3, 0.4) is 0 Å². The average molecular weight is 406 g/mol. The van der Waals surface area contributed by atoms with Crippen LogP contribution in [-0.4, -0.2) is 51.8 Å². The van der Waals surface area contributed by atoms with E-state index >= 15 is 0 Å². The molecule has 30 heavy (non-hydrogen) atoms. The summed E-state index contributed by atoms with van der Waals surface area (Å²) in [5, 5.41) is 18.1. The van der Waals surface area contributed by atoms with Crippen molar-refractivity contribution in [1.29, 1.82) is 0 Å². The summed E-state index contributed by atoms with van der Waals surface area (Å²) in [5.74, 6) is 0. The molecule has 9 heteroatoms. The summed E-state index contributed by atoms with van der Waals surface area (Å²) in [5.41, 5.74) is 3.61. The number of non-ortho nitro benzene ring substituents is 1. The number of carbonyl (C=O) groups is 1. The fourth-order valence-corrected chi connectivity index (χ4v) is 3.51. The predicted octanol–water partition coefficient (Wildman–Crippen LogP) is 3.44. The van der Waals surface area contributed by atoms with Crippen molar-refractivity contribution in [2.45, 2.75) is 6.92 Å². The van der Waals surface area contributed by atoms with Crippen LogP contribution in [0.2, 0.25) is 0 Å². The number of anilines is 2. The van der Waals surface area contributed by atoms with E-state index < -0.39 is 4.92 Å². The highest BCUT2D eigenvalue weighted by Gasteiger charge is 2.22. The minimum absolute atomic E-state index is 0.0734. The molecule has 0 aliphatic carbocycles. The van der Waals surface area contributed by atoms with E-state index in [1.54, 1.807) is 23.2 Å². The molecule has 3 aromatic rings. The van der Waals surface area contributed by atoms with Gasteiger partial charge >= 0.3 is 6.03 Å². The van der Waals surface area contributed by atoms with Crippen LogP contribution in [0.4, 0.5) is 21.9 Å². The predicted molar refractivity (Wildman–Crippen MR) is 114 cm³/mol. The first-order valence-corrected chi connectivity index (χ1v) is 9.68. The molecular formula is C21H22N6O3. The maximum atomic E-state index is 12.7. The first-order valence-electron chi connectivity index (χ1n) is 9.68. The van der Waals surface area contributed by atoms with E-state index in [4.69, 9.17) is 0 Å². The SMILES string of the molecule is Cc1ccnn1-c1cccc(NC(=O)N2CCN(c3ccc([N+](=O)[O-])cc3)CC2)c1. The zero-order chi connectivity index (χ0) is 21.1. The van der Waals surface area contributed by atoms with Crippen molar-refractivity contribution in [2.24, 2.45) is 0 Å². The molecule has 0 unspecified atom stereocenters. The number of nitro benzene ring substituents is 1. The molecule has 1 aliphatic rings.